The van der Waals surface area contributed by atoms with E-state index in [4.69, 9.17) is 0 Å². The summed E-state index contributed by atoms with van der Waals surface area (Å²) < 4.78 is 1.04. The first-order valence-corrected chi connectivity index (χ1v) is 6.52. The van der Waals surface area contributed by atoms with Crippen LogP contribution in [0.2, 0.25) is 0 Å². The van der Waals surface area contributed by atoms with Gasteiger partial charge in [-0.1, -0.05) is 58.4 Å². The highest BCUT2D eigenvalue weighted by atomic mass is 79.9. The van der Waals surface area contributed by atoms with Gasteiger partial charge in [0.1, 0.15) is 0 Å². The molecule has 0 amide bonds. The average Bonchev–Trinajstić information content (AvgIpc) is 2.38. The van der Waals surface area contributed by atoms with Crippen molar-refractivity contribution in [3.8, 4) is 0 Å². The SMILES string of the molecule is O[C@H](CCc1ccccc1)c1ccc(Br)cc1. The Balaban J connectivity index is 1.93. The molecule has 0 unspecified atom stereocenters. The summed E-state index contributed by atoms with van der Waals surface area (Å²) in [5, 5.41) is 10.1. The zero-order chi connectivity index (χ0) is 12.1. The van der Waals surface area contributed by atoms with Crippen molar-refractivity contribution in [1.29, 1.82) is 0 Å². The predicted molar refractivity (Wildman–Crippen MR) is 73.9 cm³/mol. The number of benzene rings is 2. The number of hydrogen-bond donors (Lipinski definition) is 1. The van der Waals surface area contributed by atoms with E-state index in [0.29, 0.717) is 0 Å². The van der Waals surface area contributed by atoms with Gasteiger partial charge < -0.3 is 5.11 Å². The Morgan fingerprint density at radius 3 is 2.24 bits per heavy atom. The number of halogens is 1. The fraction of sp³-hybridized carbons (Fsp3) is 0.200. The van der Waals surface area contributed by atoms with Gasteiger partial charge >= 0.3 is 0 Å². The van der Waals surface area contributed by atoms with E-state index in [1.54, 1.807) is 0 Å². The molecule has 0 saturated carbocycles. The first-order valence-electron chi connectivity index (χ1n) is 5.73. The van der Waals surface area contributed by atoms with Crippen LogP contribution >= 0.6 is 15.9 Å². The summed E-state index contributed by atoms with van der Waals surface area (Å²) >= 11 is 3.39. The monoisotopic (exact) mass is 290 g/mol. The second kappa shape index (κ2) is 5.99. The summed E-state index contributed by atoms with van der Waals surface area (Å²) in [4.78, 5) is 0. The van der Waals surface area contributed by atoms with Crippen LogP contribution in [-0.4, -0.2) is 5.11 Å². The fourth-order valence-corrected chi connectivity index (χ4v) is 2.06. The first kappa shape index (κ1) is 12.3. The third kappa shape index (κ3) is 3.69. The number of aliphatic hydroxyl groups is 1. The molecule has 2 rings (SSSR count). The number of aliphatic hydroxyl groups excluding tert-OH is 1. The molecule has 1 nitrogen and oxygen atoms in total. The molecule has 2 aromatic carbocycles. The fourth-order valence-electron chi connectivity index (χ4n) is 1.80. The topological polar surface area (TPSA) is 20.2 Å². The molecule has 1 N–H and O–H groups in total. The molecular formula is C15H15BrO. The van der Waals surface area contributed by atoms with Gasteiger partial charge in [0.05, 0.1) is 6.10 Å². The Bertz CT molecular complexity index is 450. The van der Waals surface area contributed by atoms with Crippen LogP contribution in [0.4, 0.5) is 0 Å². The molecule has 0 radical (unpaired) electrons. The highest BCUT2D eigenvalue weighted by Gasteiger charge is 2.07. The van der Waals surface area contributed by atoms with Gasteiger partial charge in [0.15, 0.2) is 0 Å². The number of aryl methyl sites for hydroxylation is 1. The van der Waals surface area contributed by atoms with E-state index >= 15 is 0 Å². The largest absolute Gasteiger partial charge is 0.388 e. The zero-order valence-corrected chi connectivity index (χ0v) is 11.1. The second-order valence-electron chi connectivity index (χ2n) is 4.09. The summed E-state index contributed by atoms with van der Waals surface area (Å²) in [7, 11) is 0. The van der Waals surface area contributed by atoms with E-state index in [2.05, 4.69) is 28.1 Å². The van der Waals surface area contributed by atoms with E-state index in [9.17, 15) is 5.11 Å². The number of hydrogen-bond acceptors (Lipinski definition) is 1. The molecule has 0 aliphatic rings. The lowest BCUT2D eigenvalue weighted by molar-refractivity contribution is 0.168. The van der Waals surface area contributed by atoms with Gasteiger partial charge in [-0.05, 0) is 36.1 Å². The minimum atomic E-state index is -0.386. The van der Waals surface area contributed by atoms with Crippen LogP contribution in [0.5, 0.6) is 0 Å². The van der Waals surface area contributed by atoms with Crippen molar-refractivity contribution in [2.75, 3.05) is 0 Å². The Morgan fingerprint density at radius 1 is 0.941 bits per heavy atom. The second-order valence-corrected chi connectivity index (χ2v) is 5.01. The molecule has 2 aromatic rings. The molecule has 0 aliphatic carbocycles. The molecule has 0 aromatic heterocycles. The van der Waals surface area contributed by atoms with Crippen molar-refractivity contribution in [2.45, 2.75) is 18.9 Å². The zero-order valence-electron chi connectivity index (χ0n) is 9.51. The van der Waals surface area contributed by atoms with Crippen LogP contribution in [0.15, 0.2) is 59.1 Å². The summed E-state index contributed by atoms with van der Waals surface area (Å²) in [6.07, 6.45) is 1.27. The summed E-state index contributed by atoms with van der Waals surface area (Å²) in [5.74, 6) is 0. The lowest BCUT2D eigenvalue weighted by atomic mass is 10.0. The lowest BCUT2D eigenvalue weighted by Crippen LogP contribution is -1.99. The third-order valence-corrected chi connectivity index (χ3v) is 3.33. The molecule has 0 bridgehead atoms. The normalized spacial score (nSPS) is 12.4. The maximum Gasteiger partial charge on any atom is 0.0793 e. The minimum Gasteiger partial charge on any atom is -0.388 e. The van der Waals surface area contributed by atoms with Gasteiger partial charge in [0.2, 0.25) is 0 Å². The molecule has 0 spiro atoms. The van der Waals surface area contributed by atoms with Crippen molar-refractivity contribution in [3.05, 3.63) is 70.2 Å². The van der Waals surface area contributed by atoms with Gasteiger partial charge in [-0.3, -0.25) is 0 Å². The van der Waals surface area contributed by atoms with Crippen molar-refractivity contribution in [2.24, 2.45) is 0 Å². The molecule has 0 heterocycles. The molecule has 0 aliphatic heterocycles. The Labute approximate surface area is 110 Å². The summed E-state index contributed by atoms with van der Waals surface area (Å²) in [6, 6.07) is 18.1. The average molecular weight is 291 g/mol. The molecule has 88 valence electrons. The van der Waals surface area contributed by atoms with Gasteiger partial charge in [-0.15, -0.1) is 0 Å². The van der Waals surface area contributed by atoms with E-state index in [1.165, 1.54) is 5.56 Å². The Hall–Kier alpha value is -1.12. The van der Waals surface area contributed by atoms with E-state index in [-0.39, 0.29) is 6.10 Å². The Kier molecular flexibility index (Phi) is 4.35. The van der Waals surface area contributed by atoms with Crippen molar-refractivity contribution in [3.63, 3.8) is 0 Å². The molecule has 1 atom stereocenters. The van der Waals surface area contributed by atoms with Crippen LogP contribution in [0.1, 0.15) is 23.7 Å². The van der Waals surface area contributed by atoms with Crippen LogP contribution < -0.4 is 0 Å². The summed E-state index contributed by atoms with van der Waals surface area (Å²) in [6.45, 7) is 0. The predicted octanol–water partition coefficient (Wildman–Crippen LogP) is 4.12. The van der Waals surface area contributed by atoms with Crippen LogP contribution in [-0.2, 0) is 6.42 Å². The van der Waals surface area contributed by atoms with Crippen LogP contribution in [0.3, 0.4) is 0 Å². The highest BCUT2D eigenvalue weighted by Crippen LogP contribution is 2.21. The smallest absolute Gasteiger partial charge is 0.0793 e. The van der Waals surface area contributed by atoms with Crippen molar-refractivity contribution in [1.82, 2.24) is 0 Å². The molecule has 0 saturated heterocycles. The van der Waals surface area contributed by atoms with E-state index in [0.717, 1.165) is 22.9 Å². The quantitative estimate of drug-likeness (QED) is 0.898. The van der Waals surface area contributed by atoms with E-state index in [1.807, 2.05) is 42.5 Å². The number of rotatable bonds is 4. The van der Waals surface area contributed by atoms with Gasteiger partial charge in [-0.2, -0.15) is 0 Å². The molecular weight excluding hydrogens is 276 g/mol. The maximum atomic E-state index is 10.1. The van der Waals surface area contributed by atoms with Crippen LogP contribution in [0, 0.1) is 0 Å². The Morgan fingerprint density at radius 2 is 1.59 bits per heavy atom. The van der Waals surface area contributed by atoms with Crippen molar-refractivity contribution < 1.29 is 5.11 Å². The minimum absolute atomic E-state index is 0.386. The van der Waals surface area contributed by atoms with Crippen LogP contribution in [0.25, 0.3) is 0 Å². The lowest BCUT2D eigenvalue weighted by Gasteiger charge is -2.11. The first-order chi connectivity index (χ1) is 8.25. The maximum absolute atomic E-state index is 10.1. The third-order valence-electron chi connectivity index (χ3n) is 2.80. The standard InChI is InChI=1S/C15H15BrO/c16-14-9-7-13(8-10-14)15(17)11-6-12-4-2-1-3-5-12/h1-5,7-10,15,17H,6,11H2/t15-/m1/s1. The van der Waals surface area contributed by atoms with Gasteiger partial charge in [-0.25, -0.2) is 0 Å². The molecule has 17 heavy (non-hydrogen) atoms. The molecule has 0 fully saturated rings. The van der Waals surface area contributed by atoms with E-state index < -0.39 is 0 Å². The van der Waals surface area contributed by atoms with Crippen molar-refractivity contribution >= 4 is 15.9 Å². The van der Waals surface area contributed by atoms with Gasteiger partial charge in [0.25, 0.3) is 0 Å². The molecule has 2 heteroatoms. The van der Waals surface area contributed by atoms with Gasteiger partial charge in [0, 0.05) is 4.47 Å². The summed E-state index contributed by atoms with van der Waals surface area (Å²) in [5.41, 5.74) is 2.24. The highest BCUT2D eigenvalue weighted by molar-refractivity contribution is 9.10.